The van der Waals surface area contributed by atoms with Gasteiger partial charge in [0.25, 0.3) is 0 Å². The first-order chi connectivity index (χ1) is 17.1. The molecule has 1 aliphatic rings. The van der Waals surface area contributed by atoms with Gasteiger partial charge in [-0.15, -0.1) is 0 Å². The van der Waals surface area contributed by atoms with Crippen LogP contribution < -0.4 is 5.32 Å². The maximum atomic E-state index is 12.5. The molecule has 6 heteroatoms. The lowest BCUT2D eigenvalue weighted by atomic mass is 9.96. The Labute approximate surface area is 208 Å². The molecule has 0 saturated carbocycles. The minimum Gasteiger partial charge on any atom is -0.462 e. The van der Waals surface area contributed by atoms with Crippen LogP contribution in [0.5, 0.6) is 0 Å². The number of carbonyl (C=O) groups is 1. The highest BCUT2D eigenvalue weighted by atomic mass is 16.5. The first-order valence-electron chi connectivity index (χ1n) is 12.5. The molecule has 1 saturated heterocycles. The fourth-order valence-electron chi connectivity index (χ4n) is 4.91. The van der Waals surface area contributed by atoms with Crippen molar-refractivity contribution < 1.29 is 9.53 Å². The Morgan fingerprint density at radius 1 is 0.971 bits per heavy atom. The van der Waals surface area contributed by atoms with Crippen LogP contribution in [0.4, 0.5) is 5.69 Å². The number of piperazine rings is 1. The number of carbonyl (C=O) groups excluding carboxylic acids is 1. The fourth-order valence-corrected chi connectivity index (χ4v) is 4.91. The summed E-state index contributed by atoms with van der Waals surface area (Å²) >= 11 is 0. The van der Waals surface area contributed by atoms with Crippen molar-refractivity contribution in [2.24, 2.45) is 0 Å². The van der Waals surface area contributed by atoms with Crippen LogP contribution in [0.25, 0.3) is 0 Å². The average Bonchev–Trinajstić information content (AvgIpc) is 2.86. The molecule has 1 aliphatic heterocycles. The maximum Gasteiger partial charge on any atom is 0.342 e. The largest absolute Gasteiger partial charge is 0.462 e. The first-order valence-corrected chi connectivity index (χ1v) is 12.5. The standard InChI is InChI=1S/C29H36N4O2/c1-4-35-29(34)27-23(3)31-22(2)21-26(27)30-15-16-32-17-19-33(20-18-32)28(24-11-7-5-8-12-24)25-13-9-6-10-14-25/h5-14,21,28H,4,15-20H2,1-3H3,(H,30,31). The van der Waals surface area contributed by atoms with Gasteiger partial charge in [-0.3, -0.25) is 14.8 Å². The molecule has 6 nitrogen and oxygen atoms in total. The molecule has 0 unspecified atom stereocenters. The Hall–Kier alpha value is -3.22. The number of hydrogen-bond donors (Lipinski definition) is 1. The normalized spacial score (nSPS) is 14.7. The van der Waals surface area contributed by atoms with Gasteiger partial charge in [0.1, 0.15) is 5.56 Å². The Morgan fingerprint density at radius 2 is 1.57 bits per heavy atom. The second-order valence-electron chi connectivity index (χ2n) is 9.02. The molecule has 3 aromatic rings. The van der Waals surface area contributed by atoms with Crippen LogP contribution in [-0.2, 0) is 4.74 Å². The number of anilines is 1. The molecule has 0 radical (unpaired) electrons. The van der Waals surface area contributed by atoms with Gasteiger partial charge in [-0.05, 0) is 38.0 Å². The summed E-state index contributed by atoms with van der Waals surface area (Å²) in [6, 6.07) is 23.8. The van der Waals surface area contributed by atoms with Gasteiger partial charge in [0, 0.05) is 45.0 Å². The summed E-state index contributed by atoms with van der Waals surface area (Å²) in [4.78, 5) is 22.0. The molecule has 0 spiro atoms. The summed E-state index contributed by atoms with van der Waals surface area (Å²) in [5.74, 6) is -0.318. The zero-order valence-corrected chi connectivity index (χ0v) is 21.0. The van der Waals surface area contributed by atoms with Gasteiger partial charge in [-0.25, -0.2) is 4.79 Å². The lowest BCUT2D eigenvalue weighted by Crippen LogP contribution is -2.48. The van der Waals surface area contributed by atoms with E-state index in [-0.39, 0.29) is 12.0 Å². The summed E-state index contributed by atoms with van der Waals surface area (Å²) in [7, 11) is 0. The van der Waals surface area contributed by atoms with Crippen molar-refractivity contribution in [1.82, 2.24) is 14.8 Å². The van der Waals surface area contributed by atoms with E-state index in [1.54, 1.807) is 0 Å². The van der Waals surface area contributed by atoms with E-state index >= 15 is 0 Å². The van der Waals surface area contributed by atoms with E-state index in [9.17, 15) is 4.79 Å². The molecule has 0 atom stereocenters. The van der Waals surface area contributed by atoms with E-state index in [2.05, 4.69) is 80.8 Å². The molecular weight excluding hydrogens is 436 g/mol. The second-order valence-corrected chi connectivity index (χ2v) is 9.02. The number of nitrogens with one attached hydrogen (secondary N) is 1. The minimum atomic E-state index is -0.318. The summed E-state index contributed by atoms with van der Waals surface area (Å²) in [5.41, 5.74) is 5.61. The summed E-state index contributed by atoms with van der Waals surface area (Å²) in [6.45, 7) is 11.7. The lowest BCUT2D eigenvalue weighted by molar-refractivity contribution is 0.0526. The first kappa shape index (κ1) is 24.9. The van der Waals surface area contributed by atoms with E-state index in [0.29, 0.717) is 17.9 Å². The molecule has 0 amide bonds. The maximum absolute atomic E-state index is 12.5. The lowest BCUT2D eigenvalue weighted by Gasteiger charge is -2.40. The predicted octanol–water partition coefficient (Wildman–Crippen LogP) is 4.69. The van der Waals surface area contributed by atoms with Gasteiger partial charge in [0.05, 0.1) is 24.0 Å². The van der Waals surface area contributed by atoms with E-state index in [1.165, 1.54) is 11.1 Å². The number of aryl methyl sites for hydroxylation is 2. The highest BCUT2D eigenvalue weighted by Crippen LogP contribution is 2.29. The fraction of sp³-hybridized carbons (Fsp3) is 0.379. The van der Waals surface area contributed by atoms with E-state index in [4.69, 9.17) is 4.74 Å². The van der Waals surface area contributed by atoms with Crippen LogP contribution >= 0.6 is 0 Å². The van der Waals surface area contributed by atoms with Crippen molar-refractivity contribution in [2.75, 3.05) is 51.2 Å². The second kappa shape index (κ2) is 12.0. The molecule has 35 heavy (non-hydrogen) atoms. The molecule has 2 heterocycles. The Kier molecular flexibility index (Phi) is 8.50. The number of aromatic nitrogens is 1. The molecule has 1 fully saturated rings. The van der Waals surface area contributed by atoms with Crippen molar-refractivity contribution in [2.45, 2.75) is 26.8 Å². The van der Waals surface area contributed by atoms with Crippen LogP contribution in [0, 0.1) is 13.8 Å². The molecule has 2 aromatic carbocycles. The topological polar surface area (TPSA) is 57.7 Å². The Bertz CT molecular complexity index is 1060. The number of esters is 1. The number of ether oxygens (including phenoxy) is 1. The number of benzene rings is 2. The van der Waals surface area contributed by atoms with Gasteiger partial charge < -0.3 is 10.1 Å². The van der Waals surface area contributed by atoms with Gasteiger partial charge in [0.15, 0.2) is 0 Å². The van der Waals surface area contributed by atoms with Gasteiger partial charge >= 0.3 is 5.97 Å². The number of rotatable bonds is 9. The number of pyridine rings is 1. The molecule has 184 valence electrons. The van der Waals surface area contributed by atoms with Crippen molar-refractivity contribution in [3.8, 4) is 0 Å². The van der Waals surface area contributed by atoms with Gasteiger partial charge in [-0.1, -0.05) is 60.7 Å². The van der Waals surface area contributed by atoms with Crippen molar-refractivity contribution in [1.29, 1.82) is 0 Å². The average molecular weight is 473 g/mol. The number of nitrogens with zero attached hydrogens (tertiary/aromatic N) is 3. The molecule has 4 rings (SSSR count). The van der Waals surface area contributed by atoms with E-state index < -0.39 is 0 Å². The van der Waals surface area contributed by atoms with E-state index in [1.807, 2.05) is 26.8 Å². The van der Waals surface area contributed by atoms with Gasteiger partial charge in [-0.2, -0.15) is 0 Å². The van der Waals surface area contributed by atoms with Crippen LogP contribution in [-0.4, -0.2) is 66.6 Å². The van der Waals surface area contributed by atoms with Crippen molar-refractivity contribution >= 4 is 11.7 Å². The van der Waals surface area contributed by atoms with Crippen LogP contribution in [0.15, 0.2) is 66.7 Å². The summed E-state index contributed by atoms with van der Waals surface area (Å²) in [6.07, 6.45) is 0. The zero-order chi connectivity index (χ0) is 24.6. The quantitative estimate of drug-likeness (QED) is 0.456. The Balaban J connectivity index is 1.37. The Morgan fingerprint density at radius 3 is 2.14 bits per heavy atom. The summed E-state index contributed by atoms with van der Waals surface area (Å²) in [5, 5.41) is 3.47. The zero-order valence-electron chi connectivity index (χ0n) is 21.0. The minimum absolute atomic E-state index is 0.271. The molecule has 1 N–H and O–H groups in total. The third-order valence-electron chi connectivity index (χ3n) is 6.55. The third-order valence-corrected chi connectivity index (χ3v) is 6.55. The van der Waals surface area contributed by atoms with Gasteiger partial charge in [0.2, 0.25) is 0 Å². The highest BCUT2D eigenvalue weighted by molar-refractivity contribution is 5.96. The highest BCUT2D eigenvalue weighted by Gasteiger charge is 2.26. The predicted molar refractivity (Wildman–Crippen MR) is 141 cm³/mol. The van der Waals surface area contributed by atoms with Crippen molar-refractivity contribution in [3.05, 3.63) is 94.8 Å². The molecule has 0 bridgehead atoms. The molecule has 1 aromatic heterocycles. The van der Waals surface area contributed by atoms with Crippen molar-refractivity contribution in [3.63, 3.8) is 0 Å². The van der Waals surface area contributed by atoms with E-state index in [0.717, 1.165) is 50.6 Å². The smallest absolute Gasteiger partial charge is 0.342 e. The molecule has 0 aliphatic carbocycles. The third kappa shape index (κ3) is 6.27. The molecular formula is C29H36N4O2. The van der Waals surface area contributed by atoms with Crippen LogP contribution in [0.3, 0.4) is 0 Å². The summed E-state index contributed by atoms with van der Waals surface area (Å²) < 4.78 is 5.26. The monoisotopic (exact) mass is 472 g/mol. The van der Waals surface area contributed by atoms with Crippen LogP contribution in [0.2, 0.25) is 0 Å². The van der Waals surface area contributed by atoms with Crippen LogP contribution in [0.1, 0.15) is 45.8 Å². The number of hydrogen-bond acceptors (Lipinski definition) is 6. The SMILES string of the molecule is CCOC(=O)c1c(NCCN2CCN(C(c3ccccc3)c3ccccc3)CC2)cc(C)nc1C.